The first-order chi connectivity index (χ1) is 13.6. The molecule has 1 saturated heterocycles. The minimum atomic E-state index is -0.179. The Morgan fingerprint density at radius 3 is 2.57 bits per heavy atom. The number of halogens is 1. The summed E-state index contributed by atoms with van der Waals surface area (Å²) in [5.41, 5.74) is 1.48. The molecule has 0 bridgehead atoms. The number of carbonyl (C=O) groups excluding carboxylic acids is 1. The maximum absolute atomic E-state index is 12.6. The molecule has 0 saturated carbocycles. The number of ether oxygens (including phenoxy) is 2. The summed E-state index contributed by atoms with van der Waals surface area (Å²) in [4.78, 5) is 12.6. The predicted octanol–water partition coefficient (Wildman–Crippen LogP) is 2.09. The van der Waals surface area contributed by atoms with Crippen LogP contribution in [0.1, 0.15) is 31.2 Å². The molecule has 1 aromatic carbocycles. The molecular formula is C20H31ClN4O3. The summed E-state index contributed by atoms with van der Waals surface area (Å²) in [6.07, 6.45) is 3.83. The summed E-state index contributed by atoms with van der Waals surface area (Å²) in [6, 6.07) is 7.51. The van der Waals surface area contributed by atoms with Gasteiger partial charge in [0.2, 0.25) is 0 Å². The summed E-state index contributed by atoms with van der Waals surface area (Å²) in [7, 11) is 3.53. The van der Waals surface area contributed by atoms with Crippen molar-refractivity contribution in [2.24, 2.45) is 0 Å². The van der Waals surface area contributed by atoms with Crippen LogP contribution in [-0.2, 0) is 20.8 Å². The van der Waals surface area contributed by atoms with Crippen molar-refractivity contribution < 1.29 is 14.3 Å². The second-order valence-electron chi connectivity index (χ2n) is 6.51. The maximum atomic E-state index is 12.6. The summed E-state index contributed by atoms with van der Waals surface area (Å²) < 4.78 is 11.2. The van der Waals surface area contributed by atoms with Gasteiger partial charge in [-0.2, -0.15) is 0 Å². The van der Waals surface area contributed by atoms with Crippen LogP contribution in [0.5, 0.6) is 0 Å². The molecule has 1 fully saturated rings. The number of carbonyl (C=O) groups is 1. The molecule has 0 aromatic heterocycles. The lowest BCUT2D eigenvalue weighted by molar-refractivity contribution is -0.162. The van der Waals surface area contributed by atoms with E-state index in [0.717, 1.165) is 37.9 Å². The van der Waals surface area contributed by atoms with Crippen molar-refractivity contribution in [2.75, 3.05) is 33.9 Å². The maximum Gasteiger partial charge on any atom is 0.271 e. The van der Waals surface area contributed by atoms with E-state index in [9.17, 15) is 4.79 Å². The molecule has 0 radical (unpaired) electrons. The minimum absolute atomic E-state index is 0.0962. The van der Waals surface area contributed by atoms with Crippen molar-refractivity contribution in [1.29, 1.82) is 0 Å². The molecule has 4 N–H and O–H groups in total. The van der Waals surface area contributed by atoms with Gasteiger partial charge in [-0.05, 0) is 43.4 Å². The van der Waals surface area contributed by atoms with Gasteiger partial charge in [0.25, 0.3) is 5.91 Å². The normalized spacial score (nSPS) is 16.2. The van der Waals surface area contributed by atoms with Crippen molar-refractivity contribution in [3.8, 4) is 0 Å². The number of rotatable bonds is 11. The lowest BCUT2D eigenvalue weighted by atomic mass is 10.2. The fraction of sp³-hybridized carbons (Fsp3) is 0.550. The van der Waals surface area contributed by atoms with Crippen LogP contribution in [0.2, 0.25) is 5.02 Å². The molecule has 28 heavy (non-hydrogen) atoms. The van der Waals surface area contributed by atoms with E-state index < -0.39 is 0 Å². The molecule has 1 aliphatic heterocycles. The molecule has 1 aromatic rings. The number of benzene rings is 1. The zero-order valence-electron chi connectivity index (χ0n) is 16.6. The lowest BCUT2D eigenvalue weighted by Crippen LogP contribution is -2.38. The van der Waals surface area contributed by atoms with E-state index in [0.29, 0.717) is 36.2 Å². The van der Waals surface area contributed by atoms with Crippen molar-refractivity contribution >= 4 is 17.5 Å². The highest BCUT2D eigenvalue weighted by molar-refractivity contribution is 6.30. The van der Waals surface area contributed by atoms with Crippen molar-refractivity contribution in [1.82, 2.24) is 21.3 Å². The zero-order valence-corrected chi connectivity index (χ0v) is 17.4. The van der Waals surface area contributed by atoms with Crippen LogP contribution in [0.15, 0.2) is 35.8 Å². The summed E-state index contributed by atoms with van der Waals surface area (Å²) in [5.74, 6) is 0.444. The Balaban J connectivity index is 1.80. The highest BCUT2D eigenvalue weighted by Gasteiger charge is 2.15. The minimum Gasteiger partial charge on any atom is -0.374 e. The number of amides is 1. The number of hydrogen-bond acceptors (Lipinski definition) is 6. The van der Waals surface area contributed by atoms with Gasteiger partial charge in [0.15, 0.2) is 6.29 Å². The first kappa shape index (κ1) is 22.3. The first-order valence-electron chi connectivity index (χ1n) is 9.73. The van der Waals surface area contributed by atoms with Gasteiger partial charge in [-0.25, -0.2) is 0 Å². The molecule has 1 unspecified atom stereocenters. The number of nitrogens with one attached hydrogen (secondary N) is 4. The smallest absolute Gasteiger partial charge is 0.271 e. The van der Waals surface area contributed by atoms with Crippen molar-refractivity contribution in [2.45, 2.75) is 38.5 Å². The molecular weight excluding hydrogens is 380 g/mol. The molecule has 8 heteroatoms. The van der Waals surface area contributed by atoms with Gasteiger partial charge in [0, 0.05) is 38.8 Å². The zero-order chi connectivity index (χ0) is 20.2. The summed E-state index contributed by atoms with van der Waals surface area (Å²) in [5, 5.41) is 12.8. The third-order valence-electron chi connectivity index (χ3n) is 4.41. The molecule has 1 amide bonds. The Morgan fingerprint density at radius 1 is 1.18 bits per heavy atom. The fourth-order valence-electron chi connectivity index (χ4n) is 2.87. The van der Waals surface area contributed by atoms with Gasteiger partial charge in [-0.3, -0.25) is 4.79 Å². The van der Waals surface area contributed by atoms with Crippen LogP contribution in [0, 0.1) is 0 Å². The second kappa shape index (κ2) is 12.5. The summed E-state index contributed by atoms with van der Waals surface area (Å²) in [6.45, 7) is 2.37. The van der Waals surface area contributed by atoms with E-state index >= 15 is 0 Å². The SMILES string of the molecule is CNC(NC)=C(NCc1ccc(Cl)cc1)C(=O)NCCCOC1CCCCO1. The van der Waals surface area contributed by atoms with E-state index in [2.05, 4.69) is 21.3 Å². The van der Waals surface area contributed by atoms with Crippen LogP contribution in [0.3, 0.4) is 0 Å². The Morgan fingerprint density at radius 2 is 1.93 bits per heavy atom. The quantitative estimate of drug-likeness (QED) is 0.330. The predicted molar refractivity (Wildman–Crippen MR) is 111 cm³/mol. The van der Waals surface area contributed by atoms with Crippen LogP contribution >= 0.6 is 11.6 Å². The van der Waals surface area contributed by atoms with Gasteiger partial charge in [0.1, 0.15) is 11.5 Å². The topological polar surface area (TPSA) is 83.7 Å². The Bertz CT molecular complexity index is 625. The fourth-order valence-corrected chi connectivity index (χ4v) is 3.00. The Hall–Kier alpha value is -1.96. The van der Waals surface area contributed by atoms with Crippen LogP contribution in [-0.4, -0.2) is 46.1 Å². The highest BCUT2D eigenvalue weighted by Crippen LogP contribution is 2.13. The lowest BCUT2D eigenvalue weighted by Gasteiger charge is -2.22. The van der Waals surface area contributed by atoms with Gasteiger partial charge in [0.05, 0.1) is 6.61 Å². The van der Waals surface area contributed by atoms with Gasteiger partial charge in [-0.15, -0.1) is 0 Å². The van der Waals surface area contributed by atoms with Gasteiger partial charge < -0.3 is 30.7 Å². The molecule has 7 nitrogen and oxygen atoms in total. The largest absolute Gasteiger partial charge is 0.374 e. The van der Waals surface area contributed by atoms with E-state index in [-0.39, 0.29) is 12.2 Å². The standard InChI is InChI=1S/C20H31ClN4O3/c1-22-19(23-2)18(25-14-15-7-9-16(21)10-8-15)20(26)24-11-5-13-28-17-6-3-4-12-27-17/h7-10,17,22-23,25H,3-6,11-14H2,1-2H3,(H,24,26). The molecule has 1 aliphatic rings. The third-order valence-corrected chi connectivity index (χ3v) is 4.66. The van der Waals surface area contributed by atoms with Crippen LogP contribution < -0.4 is 21.3 Å². The van der Waals surface area contributed by atoms with Crippen LogP contribution in [0.4, 0.5) is 0 Å². The average molecular weight is 411 g/mol. The third kappa shape index (κ3) is 7.58. The Kier molecular flexibility index (Phi) is 9.96. The van der Waals surface area contributed by atoms with E-state index in [1.807, 2.05) is 24.3 Å². The molecule has 0 aliphatic carbocycles. The monoisotopic (exact) mass is 410 g/mol. The highest BCUT2D eigenvalue weighted by atomic mass is 35.5. The molecule has 1 heterocycles. The summed E-state index contributed by atoms with van der Waals surface area (Å²) >= 11 is 5.92. The second-order valence-corrected chi connectivity index (χ2v) is 6.94. The van der Waals surface area contributed by atoms with Gasteiger partial charge in [-0.1, -0.05) is 23.7 Å². The average Bonchev–Trinajstić information content (AvgIpc) is 2.72. The first-order valence-corrected chi connectivity index (χ1v) is 10.1. The van der Waals surface area contributed by atoms with Crippen molar-refractivity contribution in [3.05, 3.63) is 46.4 Å². The van der Waals surface area contributed by atoms with Crippen LogP contribution in [0.25, 0.3) is 0 Å². The number of hydrogen-bond donors (Lipinski definition) is 4. The molecule has 0 spiro atoms. The van der Waals surface area contributed by atoms with Crippen molar-refractivity contribution in [3.63, 3.8) is 0 Å². The molecule has 1 atom stereocenters. The van der Waals surface area contributed by atoms with E-state index in [1.165, 1.54) is 0 Å². The van der Waals surface area contributed by atoms with E-state index in [1.54, 1.807) is 14.1 Å². The van der Waals surface area contributed by atoms with E-state index in [4.69, 9.17) is 21.1 Å². The Labute approximate surface area is 172 Å². The van der Waals surface area contributed by atoms with Gasteiger partial charge >= 0.3 is 0 Å². The molecule has 2 rings (SSSR count). The molecule has 156 valence electrons.